The standard InChI is InChI=1S/C14H22N2O2/c1-15-12-5-7-16(8-6-12)10-11-3-4-14(18-2)13(17)9-11/h3-4,9,12,15,17H,5-8,10H2,1-2H3. The highest BCUT2D eigenvalue weighted by molar-refractivity contribution is 5.41. The molecule has 0 aromatic heterocycles. The molecular weight excluding hydrogens is 228 g/mol. The van der Waals surface area contributed by atoms with Gasteiger partial charge in [0.25, 0.3) is 0 Å². The highest BCUT2D eigenvalue weighted by Crippen LogP contribution is 2.27. The topological polar surface area (TPSA) is 44.7 Å². The van der Waals surface area contributed by atoms with Crippen LogP contribution in [0.1, 0.15) is 18.4 Å². The molecule has 1 aliphatic heterocycles. The number of likely N-dealkylation sites (tertiary alicyclic amines) is 1. The lowest BCUT2D eigenvalue weighted by Gasteiger charge is -2.31. The van der Waals surface area contributed by atoms with Crippen molar-refractivity contribution in [1.82, 2.24) is 10.2 Å². The first-order chi connectivity index (χ1) is 8.72. The molecule has 1 aromatic carbocycles. The molecule has 18 heavy (non-hydrogen) atoms. The van der Waals surface area contributed by atoms with Crippen LogP contribution in [-0.2, 0) is 6.54 Å². The van der Waals surface area contributed by atoms with Crippen LogP contribution in [0.3, 0.4) is 0 Å². The summed E-state index contributed by atoms with van der Waals surface area (Å²) < 4.78 is 5.05. The number of nitrogens with one attached hydrogen (secondary N) is 1. The molecule has 0 aliphatic carbocycles. The molecule has 0 unspecified atom stereocenters. The Hall–Kier alpha value is -1.26. The minimum atomic E-state index is 0.222. The van der Waals surface area contributed by atoms with Crippen LogP contribution in [-0.4, -0.2) is 43.3 Å². The molecule has 0 spiro atoms. The molecule has 4 nitrogen and oxygen atoms in total. The second-order valence-electron chi connectivity index (χ2n) is 4.85. The van der Waals surface area contributed by atoms with Crippen molar-refractivity contribution in [1.29, 1.82) is 0 Å². The van der Waals surface area contributed by atoms with Gasteiger partial charge in [0, 0.05) is 12.6 Å². The van der Waals surface area contributed by atoms with E-state index in [2.05, 4.69) is 10.2 Å². The van der Waals surface area contributed by atoms with Gasteiger partial charge in [0.1, 0.15) is 0 Å². The molecule has 1 heterocycles. The second-order valence-corrected chi connectivity index (χ2v) is 4.85. The van der Waals surface area contributed by atoms with Crippen molar-refractivity contribution in [3.8, 4) is 11.5 Å². The van der Waals surface area contributed by atoms with Gasteiger partial charge in [-0.15, -0.1) is 0 Å². The third-order valence-electron chi connectivity index (χ3n) is 3.65. The van der Waals surface area contributed by atoms with Gasteiger partial charge in [0.05, 0.1) is 7.11 Å². The molecule has 1 saturated heterocycles. The van der Waals surface area contributed by atoms with Gasteiger partial charge < -0.3 is 15.2 Å². The quantitative estimate of drug-likeness (QED) is 0.851. The van der Waals surface area contributed by atoms with E-state index in [4.69, 9.17) is 4.74 Å². The summed E-state index contributed by atoms with van der Waals surface area (Å²) in [5.74, 6) is 0.757. The number of hydrogen-bond acceptors (Lipinski definition) is 4. The molecule has 0 radical (unpaired) electrons. The van der Waals surface area contributed by atoms with Gasteiger partial charge in [-0.25, -0.2) is 0 Å². The molecule has 1 aromatic rings. The highest BCUT2D eigenvalue weighted by Gasteiger charge is 2.17. The number of rotatable bonds is 4. The zero-order valence-corrected chi connectivity index (χ0v) is 11.1. The lowest BCUT2D eigenvalue weighted by Crippen LogP contribution is -2.40. The summed E-state index contributed by atoms with van der Waals surface area (Å²) in [4.78, 5) is 2.43. The first-order valence-corrected chi connectivity index (χ1v) is 6.48. The van der Waals surface area contributed by atoms with E-state index in [1.54, 1.807) is 13.2 Å². The molecule has 0 atom stereocenters. The van der Waals surface area contributed by atoms with Crippen LogP contribution >= 0.6 is 0 Å². The van der Waals surface area contributed by atoms with Crippen molar-refractivity contribution in [3.05, 3.63) is 23.8 Å². The minimum absolute atomic E-state index is 0.222. The largest absolute Gasteiger partial charge is 0.504 e. The third kappa shape index (κ3) is 3.15. The Balaban J connectivity index is 1.92. The average molecular weight is 250 g/mol. The number of hydrogen-bond donors (Lipinski definition) is 2. The molecule has 2 N–H and O–H groups in total. The van der Waals surface area contributed by atoms with Crippen LogP contribution < -0.4 is 10.1 Å². The van der Waals surface area contributed by atoms with Gasteiger partial charge in [-0.1, -0.05) is 6.07 Å². The number of aromatic hydroxyl groups is 1. The zero-order valence-electron chi connectivity index (χ0n) is 11.1. The van der Waals surface area contributed by atoms with Gasteiger partial charge in [0.2, 0.25) is 0 Å². The van der Waals surface area contributed by atoms with E-state index >= 15 is 0 Å². The lowest BCUT2D eigenvalue weighted by atomic mass is 10.0. The van der Waals surface area contributed by atoms with E-state index in [0.29, 0.717) is 11.8 Å². The molecule has 0 amide bonds. The Bertz CT molecular complexity index is 387. The van der Waals surface area contributed by atoms with Crippen LogP contribution in [0.5, 0.6) is 11.5 Å². The van der Waals surface area contributed by atoms with E-state index in [0.717, 1.165) is 25.2 Å². The number of phenolic OH excluding ortho intramolecular Hbond substituents is 1. The smallest absolute Gasteiger partial charge is 0.160 e. The summed E-state index contributed by atoms with van der Waals surface area (Å²) >= 11 is 0. The average Bonchev–Trinajstić information content (AvgIpc) is 2.40. The van der Waals surface area contributed by atoms with Crippen LogP contribution in [0.25, 0.3) is 0 Å². The van der Waals surface area contributed by atoms with Crippen molar-refractivity contribution in [2.24, 2.45) is 0 Å². The normalized spacial score (nSPS) is 17.9. The summed E-state index contributed by atoms with van der Waals surface area (Å²) in [5.41, 5.74) is 1.14. The van der Waals surface area contributed by atoms with Crippen molar-refractivity contribution in [2.75, 3.05) is 27.2 Å². The maximum atomic E-state index is 9.75. The molecule has 2 rings (SSSR count). The zero-order chi connectivity index (χ0) is 13.0. The SMILES string of the molecule is CNC1CCN(Cc2ccc(OC)c(O)c2)CC1. The Morgan fingerprint density at radius 1 is 1.39 bits per heavy atom. The second kappa shape index (κ2) is 6.07. The van der Waals surface area contributed by atoms with Gasteiger partial charge in [-0.3, -0.25) is 4.90 Å². The first kappa shape index (κ1) is 13.2. The number of methoxy groups -OCH3 is 1. The Morgan fingerprint density at radius 3 is 2.67 bits per heavy atom. The van der Waals surface area contributed by atoms with E-state index in [9.17, 15) is 5.11 Å². The fraction of sp³-hybridized carbons (Fsp3) is 0.571. The molecule has 4 heteroatoms. The first-order valence-electron chi connectivity index (χ1n) is 6.48. The van der Waals surface area contributed by atoms with E-state index in [-0.39, 0.29) is 5.75 Å². The van der Waals surface area contributed by atoms with Crippen molar-refractivity contribution in [2.45, 2.75) is 25.4 Å². The van der Waals surface area contributed by atoms with E-state index < -0.39 is 0 Å². The van der Waals surface area contributed by atoms with Gasteiger partial charge in [0.15, 0.2) is 11.5 Å². The van der Waals surface area contributed by atoms with Crippen molar-refractivity contribution in [3.63, 3.8) is 0 Å². The predicted molar refractivity (Wildman–Crippen MR) is 72.0 cm³/mol. The summed E-state index contributed by atoms with van der Waals surface area (Å²) in [6.45, 7) is 3.12. The number of nitrogens with zero attached hydrogens (tertiary/aromatic N) is 1. The van der Waals surface area contributed by atoms with Crippen molar-refractivity contribution >= 4 is 0 Å². The highest BCUT2D eigenvalue weighted by atomic mass is 16.5. The van der Waals surface area contributed by atoms with Crippen LogP contribution in [0.2, 0.25) is 0 Å². The van der Waals surface area contributed by atoms with E-state index in [1.807, 2.05) is 19.2 Å². The van der Waals surface area contributed by atoms with E-state index in [1.165, 1.54) is 12.8 Å². The predicted octanol–water partition coefficient (Wildman–Crippen LogP) is 1.58. The lowest BCUT2D eigenvalue weighted by molar-refractivity contribution is 0.194. The summed E-state index contributed by atoms with van der Waals surface area (Å²) in [6.07, 6.45) is 2.39. The van der Waals surface area contributed by atoms with Crippen LogP contribution in [0.4, 0.5) is 0 Å². The molecule has 1 aliphatic rings. The number of benzene rings is 1. The molecule has 0 bridgehead atoms. The number of ether oxygens (including phenoxy) is 1. The Kier molecular flexibility index (Phi) is 4.44. The minimum Gasteiger partial charge on any atom is -0.504 e. The summed E-state index contributed by atoms with van der Waals surface area (Å²) in [5, 5.41) is 13.1. The van der Waals surface area contributed by atoms with Gasteiger partial charge >= 0.3 is 0 Å². The monoisotopic (exact) mass is 250 g/mol. The molecule has 100 valence electrons. The summed E-state index contributed by atoms with van der Waals surface area (Å²) in [6, 6.07) is 6.29. The fourth-order valence-corrected chi connectivity index (χ4v) is 2.47. The summed E-state index contributed by atoms with van der Waals surface area (Å²) in [7, 11) is 3.60. The Labute approximate surface area is 109 Å². The fourth-order valence-electron chi connectivity index (χ4n) is 2.47. The van der Waals surface area contributed by atoms with Crippen LogP contribution in [0.15, 0.2) is 18.2 Å². The number of phenols is 1. The van der Waals surface area contributed by atoms with Gasteiger partial charge in [-0.05, 0) is 50.7 Å². The van der Waals surface area contributed by atoms with Crippen molar-refractivity contribution < 1.29 is 9.84 Å². The molecular formula is C14H22N2O2. The Morgan fingerprint density at radius 2 is 2.11 bits per heavy atom. The molecule has 1 fully saturated rings. The maximum absolute atomic E-state index is 9.75. The number of piperidine rings is 1. The van der Waals surface area contributed by atoms with Gasteiger partial charge in [-0.2, -0.15) is 0 Å². The molecule has 0 saturated carbocycles. The maximum Gasteiger partial charge on any atom is 0.160 e. The third-order valence-corrected chi connectivity index (χ3v) is 3.65. The van der Waals surface area contributed by atoms with Crippen LogP contribution in [0, 0.1) is 0 Å².